The lowest BCUT2D eigenvalue weighted by Crippen LogP contribution is -2.50. The third-order valence-electron chi connectivity index (χ3n) is 5.97. The molecule has 3 rings (SSSR count). The number of esters is 1. The topological polar surface area (TPSA) is 29.5 Å². The Morgan fingerprint density at radius 3 is 2.64 bits per heavy atom. The third kappa shape index (κ3) is 3.80. The van der Waals surface area contributed by atoms with Crippen LogP contribution in [0.1, 0.15) is 56.1 Å². The number of hydrogen-bond acceptors (Lipinski definition) is 3. The number of methoxy groups -OCH3 is 1. The van der Waals surface area contributed by atoms with E-state index in [4.69, 9.17) is 4.74 Å². The van der Waals surface area contributed by atoms with Crippen LogP contribution in [-0.2, 0) is 9.53 Å². The molecule has 2 bridgehead atoms. The van der Waals surface area contributed by atoms with Crippen LogP contribution >= 0.6 is 22.6 Å². The number of hydrogen-bond donors (Lipinski definition) is 0. The predicted molar refractivity (Wildman–Crippen MR) is 110 cm³/mol. The van der Waals surface area contributed by atoms with Crippen LogP contribution in [0.2, 0.25) is 0 Å². The number of carbonyl (C=O) groups excluding carboxylic acids is 1. The number of nitrogens with zero attached hydrogens (tertiary/aromatic N) is 1. The molecular weight excluding hydrogens is 425 g/mol. The summed E-state index contributed by atoms with van der Waals surface area (Å²) < 4.78 is 7.29. The van der Waals surface area contributed by atoms with Gasteiger partial charge in [-0.05, 0) is 40.4 Å². The summed E-state index contributed by atoms with van der Waals surface area (Å²) in [6.45, 7) is 5.36. The van der Waals surface area contributed by atoms with Gasteiger partial charge < -0.3 is 4.74 Å². The number of fused-ring (bicyclic) bond motifs is 2. The van der Waals surface area contributed by atoms with Crippen LogP contribution in [0, 0.1) is 5.92 Å². The molecule has 0 amide bonds. The average Bonchev–Trinajstić information content (AvgIpc) is 2.90. The van der Waals surface area contributed by atoms with Crippen molar-refractivity contribution in [3.63, 3.8) is 0 Å². The molecule has 1 aromatic rings. The Morgan fingerprint density at radius 1 is 1.32 bits per heavy atom. The molecule has 0 N–H and O–H groups in total. The van der Waals surface area contributed by atoms with Gasteiger partial charge in [-0.3, -0.25) is 9.69 Å². The van der Waals surface area contributed by atoms with Gasteiger partial charge in [0.1, 0.15) is 0 Å². The molecule has 2 aliphatic rings. The van der Waals surface area contributed by atoms with Crippen molar-refractivity contribution in [3.05, 3.63) is 45.6 Å². The summed E-state index contributed by atoms with van der Waals surface area (Å²) in [6.07, 6.45) is 5.53. The van der Waals surface area contributed by atoms with Crippen LogP contribution < -0.4 is 0 Å². The summed E-state index contributed by atoms with van der Waals surface area (Å²) in [5, 5.41) is 0. The zero-order valence-electron chi connectivity index (χ0n) is 15.3. The van der Waals surface area contributed by atoms with E-state index in [-0.39, 0.29) is 17.8 Å². The van der Waals surface area contributed by atoms with E-state index in [2.05, 4.69) is 75.8 Å². The first-order chi connectivity index (χ1) is 12.1. The zero-order chi connectivity index (χ0) is 18.0. The number of piperidine rings is 1. The number of benzene rings is 1. The van der Waals surface area contributed by atoms with E-state index in [0.717, 1.165) is 19.4 Å². The Hall–Kier alpha value is -0.880. The normalized spacial score (nSPS) is 29.5. The first-order valence-corrected chi connectivity index (χ1v) is 10.5. The highest BCUT2D eigenvalue weighted by Gasteiger charge is 2.50. The monoisotopic (exact) mass is 453 g/mol. The first-order valence-electron chi connectivity index (χ1n) is 9.25. The van der Waals surface area contributed by atoms with E-state index >= 15 is 0 Å². The minimum absolute atomic E-state index is 0.0493. The van der Waals surface area contributed by atoms with E-state index in [1.165, 1.54) is 24.7 Å². The molecule has 0 aliphatic carbocycles. The Bertz CT molecular complexity index is 625. The predicted octanol–water partition coefficient (Wildman–Crippen LogP) is 4.87. The summed E-state index contributed by atoms with van der Waals surface area (Å²) in [4.78, 5) is 15.2. The molecule has 25 heavy (non-hydrogen) atoms. The standard InChI is InChI=1S/C21H28INO2/c1-14(2)15-5-7-16(8-6-15)18-13-17-9-10-19(20(18)21(24)25-3)23(17)12-4-11-22/h4-8,11,14,17-20H,9-10,12-13H2,1-3H3/b11-4+/t17-,18+,19+,20-/m0/s1. The molecule has 0 unspecified atom stereocenters. The molecular formula is C21H28INO2. The van der Waals surface area contributed by atoms with Gasteiger partial charge in [0.15, 0.2) is 0 Å². The van der Waals surface area contributed by atoms with Crippen LogP contribution in [0.3, 0.4) is 0 Å². The van der Waals surface area contributed by atoms with E-state index < -0.39 is 0 Å². The fraction of sp³-hybridized carbons (Fsp3) is 0.571. The number of ether oxygens (including phenoxy) is 1. The number of carbonyl (C=O) groups is 1. The van der Waals surface area contributed by atoms with Crippen molar-refractivity contribution < 1.29 is 9.53 Å². The van der Waals surface area contributed by atoms with Crippen LogP contribution in [0.4, 0.5) is 0 Å². The maximum atomic E-state index is 12.7. The van der Waals surface area contributed by atoms with Gasteiger partial charge >= 0.3 is 5.97 Å². The van der Waals surface area contributed by atoms with Crippen molar-refractivity contribution in [2.75, 3.05) is 13.7 Å². The molecule has 2 heterocycles. The Balaban J connectivity index is 1.89. The van der Waals surface area contributed by atoms with Gasteiger partial charge in [-0.15, -0.1) is 0 Å². The van der Waals surface area contributed by atoms with E-state index in [1.54, 1.807) is 0 Å². The second-order valence-electron chi connectivity index (χ2n) is 7.57. The van der Waals surface area contributed by atoms with Crippen molar-refractivity contribution in [2.24, 2.45) is 5.92 Å². The maximum Gasteiger partial charge on any atom is 0.310 e. The van der Waals surface area contributed by atoms with Crippen molar-refractivity contribution in [1.29, 1.82) is 0 Å². The minimum Gasteiger partial charge on any atom is -0.469 e. The van der Waals surface area contributed by atoms with Crippen LogP contribution in [-0.4, -0.2) is 36.6 Å². The Morgan fingerprint density at radius 2 is 2.04 bits per heavy atom. The van der Waals surface area contributed by atoms with Gasteiger partial charge in [-0.2, -0.15) is 0 Å². The van der Waals surface area contributed by atoms with E-state index in [9.17, 15) is 4.79 Å². The molecule has 2 saturated heterocycles. The minimum atomic E-state index is -0.0590. The maximum absolute atomic E-state index is 12.7. The summed E-state index contributed by atoms with van der Waals surface area (Å²) >= 11 is 2.27. The van der Waals surface area contributed by atoms with E-state index in [1.807, 2.05) is 0 Å². The first kappa shape index (κ1) is 18.9. The van der Waals surface area contributed by atoms with Gasteiger partial charge in [-0.25, -0.2) is 0 Å². The molecule has 4 atom stereocenters. The number of halogens is 1. The molecule has 2 aliphatic heterocycles. The third-order valence-corrected chi connectivity index (χ3v) is 6.48. The smallest absolute Gasteiger partial charge is 0.310 e. The molecule has 3 nitrogen and oxygen atoms in total. The quantitative estimate of drug-likeness (QED) is 0.471. The summed E-state index contributed by atoms with van der Waals surface area (Å²) in [6, 6.07) is 9.79. The fourth-order valence-electron chi connectivity index (χ4n) is 4.69. The largest absolute Gasteiger partial charge is 0.469 e. The van der Waals surface area contributed by atoms with Crippen LogP contribution in [0.5, 0.6) is 0 Å². The highest BCUT2D eigenvalue weighted by molar-refractivity contribution is 14.1. The molecule has 0 saturated carbocycles. The molecule has 0 spiro atoms. The van der Waals surface area contributed by atoms with Gasteiger partial charge in [0, 0.05) is 24.5 Å². The van der Waals surface area contributed by atoms with Crippen molar-refractivity contribution in [2.45, 2.75) is 57.0 Å². The second kappa shape index (κ2) is 8.21. The highest BCUT2D eigenvalue weighted by atomic mass is 127. The molecule has 0 aromatic heterocycles. The van der Waals surface area contributed by atoms with Gasteiger partial charge in [0.25, 0.3) is 0 Å². The average molecular weight is 453 g/mol. The Kier molecular flexibility index (Phi) is 6.21. The van der Waals surface area contributed by atoms with Crippen LogP contribution in [0.15, 0.2) is 34.4 Å². The fourth-order valence-corrected chi connectivity index (χ4v) is 4.91. The van der Waals surface area contributed by atoms with Crippen molar-refractivity contribution in [3.8, 4) is 0 Å². The lowest BCUT2D eigenvalue weighted by molar-refractivity contribution is -0.150. The van der Waals surface area contributed by atoms with Crippen molar-refractivity contribution >= 4 is 28.6 Å². The van der Waals surface area contributed by atoms with E-state index in [0.29, 0.717) is 18.0 Å². The van der Waals surface area contributed by atoms with Gasteiger partial charge in [-0.1, -0.05) is 66.8 Å². The summed E-state index contributed by atoms with van der Waals surface area (Å²) in [7, 11) is 1.53. The zero-order valence-corrected chi connectivity index (χ0v) is 17.5. The van der Waals surface area contributed by atoms with Crippen molar-refractivity contribution in [1.82, 2.24) is 4.90 Å². The molecule has 1 aromatic carbocycles. The van der Waals surface area contributed by atoms with Gasteiger partial charge in [0.2, 0.25) is 0 Å². The molecule has 136 valence electrons. The SMILES string of the molecule is COC(=O)[C@H]1[C@@H](c2ccc(C(C)C)cc2)C[C@@H]2CC[C@H]1N2C/C=C/I. The van der Waals surface area contributed by atoms with Gasteiger partial charge in [0.05, 0.1) is 13.0 Å². The molecule has 2 fully saturated rings. The second-order valence-corrected chi connectivity index (χ2v) is 8.29. The molecule has 4 heteroatoms. The Labute approximate surface area is 165 Å². The molecule has 0 radical (unpaired) electrons. The number of rotatable bonds is 5. The lowest BCUT2D eigenvalue weighted by atomic mass is 9.75. The summed E-state index contributed by atoms with van der Waals surface area (Å²) in [5.41, 5.74) is 2.65. The lowest BCUT2D eigenvalue weighted by Gasteiger charge is -2.43. The van der Waals surface area contributed by atoms with Crippen LogP contribution in [0.25, 0.3) is 0 Å². The summed E-state index contributed by atoms with van der Waals surface area (Å²) in [5.74, 6) is 0.692. The highest BCUT2D eigenvalue weighted by Crippen LogP contribution is 2.47.